The van der Waals surface area contributed by atoms with Crippen molar-refractivity contribution in [3.05, 3.63) is 0 Å². The van der Waals surface area contributed by atoms with Crippen molar-refractivity contribution >= 4 is 11.9 Å². The van der Waals surface area contributed by atoms with E-state index in [9.17, 15) is 9.59 Å². The maximum atomic E-state index is 11.7. The summed E-state index contributed by atoms with van der Waals surface area (Å²) >= 11 is 0. The number of hydrogen-bond acceptors (Lipinski definition) is 5. The van der Waals surface area contributed by atoms with Crippen molar-refractivity contribution in [2.45, 2.75) is 38.3 Å². The Bertz CT molecular complexity index is 335. The van der Waals surface area contributed by atoms with Gasteiger partial charge in [0.15, 0.2) is 0 Å². The maximum Gasteiger partial charge on any atom is 0.329 e. The molecular formula is C13H24N2O4. The highest BCUT2D eigenvalue weighted by Crippen LogP contribution is 2.23. The van der Waals surface area contributed by atoms with Crippen LogP contribution in [0.3, 0.4) is 0 Å². The summed E-state index contributed by atoms with van der Waals surface area (Å²) < 4.78 is 10.2. The molecule has 2 unspecified atom stereocenters. The molecule has 0 bridgehead atoms. The van der Waals surface area contributed by atoms with E-state index in [2.05, 4.69) is 17.1 Å². The largest absolute Gasteiger partial charge is 0.467 e. The molecule has 6 heteroatoms. The minimum absolute atomic E-state index is 0.185. The third-order valence-electron chi connectivity index (χ3n) is 3.53. The van der Waals surface area contributed by atoms with E-state index in [0.717, 1.165) is 25.9 Å². The summed E-state index contributed by atoms with van der Waals surface area (Å²) in [7, 11) is 3.03. The maximum absolute atomic E-state index is 11.7. The fourth-order valence-electron chi connectivity index (χ4n) is 2.46. The first kappa shape index (κ1) is 15.9. The van der Waals surface area contributed by atoms with Gasteiger partial charge in [-0.15, -0.1) is 0 Å². The Kier molecular flexibility index (Phi) is 5.75. The SMILES string of the molecule is COC(=O)C(CN1CCCC(C)(OC)C1)NC(C)=O. The van der Waals surface area contributed by atoms with E-state index in [4.69, 9.17) is 9.47 Å². The predicted molar refractivity (Wildman–Crippen MR) is 70.7 cm³/mol. The van der Waals surface area contributed by atoms with Gasteiger partial charge in [0.05, 0.1) is 12.7 Å². The van der Waals surface area contributed by atoms with Crippen LogP contribution in [-0.4, -0.2) is 62.3 Å². The van der Waals surface area contributed by atoms with Crippen LogP contribution in [0.1, 0.15) is 26.7 Å². The van der Waals surface area contributed by atoms with Gasteiger partial charge in [-0.1, -0.05) is 0 Å². The second-order valence-electron chi connectivity index (χ2n) is 5.27. The number of methoxy groups -OCH3 is 2. The van der Waals surface area contributed by atoms with Gasteiger partial charge in [-0.05, 0) is 26.3 Å². The Morgan fingerprint density at radius 2 is 2.11 bits per heavy atom. The van der Waals surface area contributed by atoms with Crippen LogP contribution in [0.4, 0.5) is 0 Å². The zero-order chi connectivity index (χ0) is 14.5. The molecule has 0 radical (unpaired) electrons. The van der Waals surface area contributed by atoms with E-state index < -0.39 is 12.0 Å². The number of esters is 1. The number of nitrogens with zero attached hydrogens (tertiary/aromatic N) is 1. The topological polar surface area (TPSA) is 67.9 Å². The fraction of sp³-hybridized carbons (Fsp3) is 0.846. The van der Waals surface area contributed by atoms with Crippen molar-refractivity contribution in [1.82, 2.24) is 10.2 Å². The summed E-state index contributed by atoms with van der Waals surface area (Å²) in [6.45, 7) is 5.55. The molecule has 1 heterocycles. The highest BCUT2D eigenvalue weighted by atomic mass is 16.5. The van der Waals surface area contributed by atoms with Crippen LogP contribution in [0, 0.1) is 0 Å². The van der Waals surface area contributed by atoms with E-state index in [0.29, 0.717) is 6.54 Å². The Labute approximate surface area is 114 Å². The number of carbonyl (C=O) groups is 2. The van der Waals surface area contributed by atoms with Gasteiger partial charge >= 0.3 is 5.97 Å². The van der Waals surface area contributed by atoms with Crippen LogP contribution in [-0.2, 0) is 19.1 Å². The van der Waals surface area contributed by atoms with Crippen molar-refractivity contribution in [3.63, 3.8) is 0 Å². The molecule has 0 aromatic rings. The number of rotatable bonds is 5. The van der Waals surface area contributed by atoms with E-state index in [1.807, 2.05) is 0 Å². The van der Waals surface area contributed by atoms with Gasteiger partial charge in [0.25, 0.3) is 0 Å². The number of carbonyl (C=O) groups excluding carboxylic acids is 2. The molecule has 19 heavy (non-hydrogen) atoms. The first-order chi connectivity index (χ1) is 8.90. The smallest absolute Gasteiger partial charge is 0.329 e. The highest BCUT2D eigenvalue weighted by Gasteiger charge is 2.33. The Hall–Kier alpha value is -1.14. The van der Waals surface area contributed by atoms with E-state index in [1.54, 1.807) is 7.11 Å². The lowest BCUT2D eigenvalue weighted by molar-refractivity contribution is -0.146. The lowest BCUT2D eigenvalue weighted by atomic mass is 9.94. The molecular weight excluding hydrogens is 248 g/mol. The zero-order valence-corrected chi connectivity index (χ0v) is 12.2. The van der Waals surface area contributed by atoms with Gasteiger partial charge < -0.3 is 14.8 Å². The van der Waals surface area contributed by atoms with Crippen molar-refractivity contribution in [2.75, 3.05) is 33.9 Å². The van der Waals surface area contributed by atoms with Crippen molar-refractivity contribution in [3.8, 4) is 0 Å². The molecule has 1 amide bonds. The summed E-state index contributed by atoms with van der Waals surface area (Å²) in [4.78, 5) is 24.9. The average molecular weight is 272 g/mol. The summed E-state index contributed by atoms with van der Waals surface area (Å²) in [6, 6.07) is -0.623. The monoisotopic (exact) mass is 272 g/mol. The van der Waals surface area contributed by atoms with Gasteiger partial charge in [-0.2, -0.15) is 0 Å². The van der Waals surface area contributed by atoms with E-state index in [1.165, 1.54) is 14.0 Å². The third kappa shape index (κ3) is 4.80. The van der Waals surface area contributed by atoms with E-state index in [-0.39, 0.29) is 11.5 Å². The second-order valence-corrected chi connectivity index (χ2v) is 5.27. The third-order valence-corrected chi connectivity index (χ3v) is 3.53. The van der Waals surface area contributed by atoms with Crippen LogP contribution < -0.4 is 5.32 Å². The Morgan fingerprint density at radius 3 is 2.63 bits per heavy atom. The van der Waals surface area contributed by atoms with Gasteiger partial charge in [-0.3, -0.25) is 9.69 Å². The van der Waals surface area contributed by atoms with Crippen LogP contribution >= 0.6 is 0 Å². The lowest BCUT2D eigenvalue weighted by Gasteiger charge is -2.40. The van der Waals surface area contributed by atoms with Crippen molar-refractivity contribution in [2.24, 2.45) is 0 Å². The molecule has 1 N–H and O–H groups in total. The normalized spacial score (nSPS) is 25.7. The number of amides is 1. The quantitative estimate of drug-likeness (QED) is 0.722. The lowest BCUT2D eigenvalue weighted by Crippen LogP contribution is -2.54. The molecule has 110 valence electrons. The number of piperidine rings is 1. The standard InChI is InChI=1S/C13H24N2O4/c1-10(16)14-11(12(17)18-3)8-15-7-5-6-13(2,9-15)19-4/h11H,5-9H2,1-4H3,(H,14,16). The summed E-state index contributed by atoms with van der Waals surface area (Å²) in [5.41, 5.74) is -0.185. The van der Waals surface area contributed by atoms with Crippen LogP contribution in [0.15, 0.2) is 0 Å². The molecule has 1 saturated heterocycles. The molecule has 0 saturated carbocycles. The molecule has 0 aromatic heterocycles. The number of likely N-dealkylation sites (tertiary alicyclic amines) is 1. The molecule has 1 aliphatic rings. The van der Waals surface area contributed by atoms with Gasteiger partial charge in [0, 0.05) is 27.1 Å². The minimum Gasteiger partial charge on any atom is -0.467 e. The Balaban J connectivity index is 2.62. The molecule has 0 aromatic carbocycles. The molecule has 1 aliphatic heterocycles. The zero-order valence-electron chi connectivity index (χ0n) is 12.2. The minimum atomic E-state index is -0.623. The summed E-state index contributed by atoms with van der Waals surface area (Å²) in [6.07, 6.45) is 2.02. The molecule has 6 nitrogen and oxygen atoms in total. The van der Waals surface area contributed by atoms with Gasteiger partial charge in [0.2, 0.25) is 5.91 Å². The fourth-order valence-corrected chi connectivity index (χ4v) is 2.46. The highest BCUT2D eigenvalue weighted by molar-refractivity contribution is 5.83. The second kappa shape index (κ2) is 6.86. The van der Waals surface area contributed by atoms with Crippen LogP contribution in [0.5, 0.6) is 0 Å². The number of hydrogen-bond donors (Lipinski definition) is 1. The number of nitrogens with one attached hydrogen (secondary N) is 1. The predicted octanol–water partition coefficient (Wildman–Crippen LogP) is 0.165. The molecule has 1 fully saturated rings. The van der Waals surface area contributed by atoms with Crippen LogP contribution in [0.2, 0.25) is 0 Å². The molecule has 2 atom stereocenters. The molecule has 0 aliphatic carbocycles. The van der Waals surface area contributed by atoms with Crippen LogP contribution in [0.25, 0.3) is 0 Å². The first-order valence-electron chi connectivity index (χ1n) is 6.52. The van der Waals surface area contributed by atoms with Crippen molar-refractivity contribution in [1.29, 1.82) is 0 Å². The van der Waals surface area contributed by atoms with Gasteiger partial charge in [0.1, 0.15) is 6.04 Å². The molecule has 0 spiro atoms. The Morgan fingerprint density at radius 1 is 1.42 bits per heavy atom. The average Bonchev–Trinajstić information content (AvgIpc) is 2.36. The summed E-state index contributed by atoms with van der Waals surface area (Å²) in [5.74, 6) is -0.651. The van der Waals surface area contributed by atoms with Crippen molar-refractivity contribution < 1.29 is 19.1 Å². The molecule has 1 rings (SSSR count). The number of ether oxygens (including phenoxy) is 2. The van der Waals surface area contributed by atoms with Gasteiger partial charge in [-0.25, -0.2) is 4.79 Å². The first-order valence-corrected chi connectivity index (χ1v) is 6.52. The van der Waals surface area contributed by atoms with E-state index >= 15 is 0 Å². The summed E-state index contributed by atoms with van der Waals surface area (Å²) in [5, 5.41) is 2.63.